The normalized spacial score (nSPS) is 9.83. The summed E-state index contributed by atoms with van der Waals surface area (Å²) < 4.78 is 0. The van der Waals surface area contributed by atoms with Gasteiger partial charge in [-0.3, -0.25) is 9.59 Å². The van der Waals surface area contributed by atoms with Crippen LogP contribution in [-0.4, -0.2) is 10.2 Å². The summed E-state index contributed by atoms with van der Waals surface area (Å²) in [6.07, 6.45) is 0. The van der Waals surface area contributed by atoms with Crippen LogP contribution >= 0.6 is 23.5 Å². The van der Waals surface area contributed by atoms with Crippen molar-refractivity contribution in [1.82, 2.24) is 0 Å². The van der Waals surface area contributed by atoms with Crippen LogP contribution in [0.4, 0.5) is 5.69 Å². The van der Waals surface area contributed by atoms with Crippen LogP contribution < -0.4 is 0 Å². The highest BCUT2D eigenvalue weighted by Gasteiger charge is 2.12. The molecule has 0 spiro atoms. The van der Waals surface area contributed by atoms with Crippen LogP contribution in [0.3, 0.4) is 0 Å². The summed E-state index contributed by atoms with van der Waals surface area (Å²) in [4.78, 5) is 25.1. The van der Waals surface area contributed by atoms with Gasteiger partial charge in [-0.25, -0.2) is 0 Å². The van der Waals surface area contributed by atoms with Crippen LogP contribution in [0.1, 0.15) is 25.0 Å². The van der Waals surface area contributed by atoms with E-state index in [2.05, 4.69) is 4.98 Å². The van der Waals surface area contributed by atoms with Gasteiger partial charge in [-0.2, -0.15) is 0 Å². The first-order valence-electron chi connectivity index (χ1n) is 5.26. The van der Waals surface area contributed by atoms with Crippen LogP contribution in [0, 0.1) is 5.39 Å². The zero-order valence-corrected chi connectivity index (χ0v) is 11.8. The monoisotopic (exact) mass is 281 g/mol. The van der Waals surface area contributed by atoms with Gasteiger partial charge in [0.15, 0.2) is 15.2 Å². The second kappa shape index (κ2) is 7.19. The predicted octanol–water partition coefficient (Wildman–Crippen LogP) is 3.73. The fourth-order valence-corrected chi connectivity index (χ4v) is 2.58. The van der Waals surface area contributed by atoms with Crippen molar-refractivity contribution in [3.05, 3.63) is 34.3 Å². The lowest BCUT2D eigenvalue weighted by Crippen LogP contribution is -1.94. The molecule has 0 saturated heterocycles. The van der Waals surface area contributed by atoms with Crippen molar-refractivity contribution in [3.8, 4) is 0 Å². The quantitative estimate of drug-likeness (QED) is 0.787. The molecule has 0 aliphatic carbocycles. The SMILES string of the molecule is CC(=O)SCc1ccc([N+]#N)cc1CSC(C)=O. The number of diazo groups is 1. The summed E-state index contributed by atoms with van der Waals surface area (Å²) in [6, 6.07) is 5.23. The van der Waals surface area contributed by atoms with Gasteiger partial charge in [0.25, 0.3) is 0 Å². The van der Waals surface area contributed by atoms with Gasteiger partial charge in [-0.1, -0.05) is 23.5 Å². The lowest BCUT2D eigenvalue weighted by molar-refractivity contribution is -0.109. The average Bonchev–Trinajstić information content (AvgIpc) is 2.34. The Kier molecular flexibility index (Phi) is 5.89. The highest BCUT2D eigenvalue weighted by atomic mass is 32.2. The fraction of sp³-hybridized carbons (Fsp3) is 0.333. The molecule has 0 N–H and O–H groups in total. The summed E-state index contributed by atoms with van der Waals surface area (Å²) in [5.41, 5.74) is 2.35. The standard InChI is InChI=1S/C12H13N2O2S2/c1-8(15)17-6-10-3-4-12(14-13)5-11(10)7-18-9(2)16/h3-5H,6-7H2,1-2H3/q+1. The summed E-state index contributed by atoms with van der Waals surface area (Å²) >= 11 is 2.42. The fourth-order valence-electron chi connectivity index (χ4n) is 1.31. The van der Waals surface area contributed by atoms with Crippen molar-refractivity contribution in [1.29, 1.82) is 5.39 Å². The number of rotatable bonds is 4. The topological polar surface area (TPSA) is 62.3 Å². The third-order valence-corrected chi connectivity index (χ3v) is 3.89. The Hall–Kier alpha value is -1.32. The Balaban J connectivity index is 2.89. The van der Waals surface area contributed by atoms with Gasteiger partial charge in [0.05, 0.1) is 0 Å². The van der Waals surface area contributed by atoms with Crippen LogP contribution in [-0.2, 0) is 21.1 Å². The summed E-state index contributed by atoms with van der Waals surface area (Å²) in [5, 5.41) is 8.83. The number of nitrogens with zero attached hydrogens (tertiary/aromatic N) is 2. The molecule has 1 aromatic rings. The van der Waals surface area contributed by atoms with E-state index in [4.69, 9.17) is 5.39 Å². The molecule has 0 aliphatic heterocycles. The molecule has 0 fully saturated rings. The molecule has 1 rings (SSSR count). The van der Waals surface area contributed by atoms with Gasteiger partial charge < -0.3 is 0 Å². The molecule has 6 heteroatoms. The van der Waals surface area contributed by atoms with Crippen LogP contribution in [0.2, 0.25) is 0 Å². The number of carbonyl (C=O) groups excluding carboxylic acids is 2. The number of hydrogen-bond donors (Lipinski definition) is 0. The molecule has 18 heavy (non-hydrogen) atoms. The van der Waals surface area contributed by atoms with Crippen molar-refractivity contribution >= 4 is 39.4 Å². The van der Waals surface area contributed by atoms with E-state index in [0.29, 0.717) is 17.2 Å². The molecular formula is C12H13N2O2S2+. The first-order chi connectivity index (χ1) is 8.52. The van der Waals surface area contributed by atoms with Gasteiger partial charge in [0.2, 0.25) is 5.39 Å². The molecule has 0 saturated carbocycles. The van der Waals surface area contributed by atoms with Crippen molar-refractivity contribution in [2.75, 3.05) is 0 Å². The van der Waals surface area contributed by atoms with E-state index in [-0.39, 0.29) is 10.2 Å². The molecule has 94 valence electrons. The predicted molar refractivity (Wildman–Crippen MR) is 75.1 cm³/mol. The first kappa shape index (κ1) is 14.7. The Morgan fingerprint density at radius 1 is 1.11 bits per heavy atom. The lowest BCUT2D eigenvalue weighted by atomic mass is 10.1. The highest BCUT2D eigenvalue weighted by Crippen LogP contribution is 2.26. The van der Waals surface area contributed by atoms with Crippen LogP contribution in [0.25, 0.3) is 4.98 Å². The number of carbonyl (C=O) groups is 2. The van der Waals surface area contributed by atoms with Crippen LogP contribution in [0.15, 0.2) is 18.2 Å². The van der Waals surface area contributed by atoms with Crippen molar-refractivity contribution < 1.29 is 9.59 Å². The van der Waals surface area contributed by atoms with Gasteiger partial charge >= 0.3 is 5.69 Å². The van der Waals surface area contributed by atoms with Gasteiger partial charge in [0.1, 0.15) is 0 Å². The van der Waals surface area contributed by atoms with E-state index in [9.17, 15) is 9.59 Å². The van der Waals surface area contributed by atoms with Gasteiger partial charge in [-0.15, -0.1) is 0 Å². The molecule has 0 radical (unpaired) electrons. The second-order valence-corrected chi connectivity index (χ2v) is 5.92. The number of hydrogen-bond acceptors (Lipinski definition) is 5. The molecule has 0 aromatic heterocycles. The molecule has 0 amide bonds. The number of benzene rings is 1. The molecular weight excluding hydrogens is 268 g/mol. The van der Waals surface area contributed by atoms with E-state index in [1.165, 1.54) is 37.4 Å². The Morgan fingerprint density at radius 3 is 2.17 bits per heavy atom. The van der Waals surface area contributed by atoms with E-state index in [0.717, 1.165) is 11.1 Å². The Labute approximate surface area is 114 Å². The van der Waals surface area contributed by atoms with Crippen molar-refractivity contribution in [2.45, 2.75) is 25.4 Å². The van der Waals surface area contributed by atoms with E-state index in [1.54, 1.807) is 12.1 Å². The maximum atomic E-state index is 11.0. The summed E-state index contributed by atoms with van der Waals surface area (Å²) in [7, 11) is 0. The Morgan fingerprint density at radius 2 is 1.67 bits per heavy atom. The average molecular weight is 281 g/mol. The molecule has 0 aliphatic rings. The molecule has 1 aromatic carbocycles. The molecule has 0 unspecified atom stereocenters. The van der Waals surface area contributed by atoms with Crippen LogP contribution in [0.5, 0.6) is 0 Å². The second-order valence-electron chi connectivity index (χ2n) is 3.61. The minimum Gasteiger partial charge on any atom is -0.288 e. The van der Waals surface area contributed by atoms with E-state index in [1.807, 2.05) is 6.07 Å². The van der Waals surface area contributed by atoms with Gasteiger partial charge in [0, 0.05) is 37.5 Å². The third kappa shape index (κ3) is 4.90. The maximum Gasteiger partial charge on any atom is 0.385 e. The summed E-state index contributed by atoms with van der Waals surface area (Å²) in [5.74, 6) is 1.08. The van der Waals surface area contributed by atoms with E-state index < -0.39 is 0 Å². The van der Waals surface area contributed by atoms with Gasteiger partial charge in [-0.05, 0) is 17.2 Å². The minimum absolute atomic E-state index is 0.0338. The first-order valence-corrected chi connectivity index (χ1v) is 7.23. The zero-order valence-electron chi connectivity index (χ0n) is 10.2. The zero-order chi connectivity index (χ0) is 13.5. The van der Waals surface area contributed by atoms with Crippen molar-refractivity contribution in [2.24, 2.45) is 0 Å². The molecule has 0 bridgehead atoms. The molecule has 0 atom stereocenters. The smallest absolute Gasteiger partial charge is 0.288 e. The molecule has 4 nitrogen and oxygen atoms in total. The van der Waals surface area contributed by atoms with E-state index >= 15 is 0 Å². The van der Waals surface area contributed by atoms with Crippen molar-refractivity contribution in [3.63, 3.8) is 0 Å². The highest BCUT2D eigenvalue weighted by molar-refractivity contribution is 8.13. The number of thioether (sulfide) groups is 2. The molecule has 0 heterocycles. The largest absolute Gasteiger partial charge is 0.385 e. The third-order valence-electron chi connectivity index (χ3n) is 2.17. The maximum absolute atomic E-state index is 11.0. The minimum atomic E-state index is 0.0338. The summed E-state index contributed by atoms with van der Waals surface area (Å²) in [6.45, 7) is 3.03. The lowest BCUT2D eigenvalue weighted by Gasteiger charge is -2.05. The Bertz CT molecular complexity index is 509.